The van der Waals surface area contributed by atoms with Crippen LogP contribution in [0.2, 0.25) is 0 Å². The van der Waals surface area contributed by atoms with Crippen LogP contribution in [0.4, 0.5) is 4.39 Å². The van der Waals surface area contributed by atoms with Gasteiger partial charge in [0.2, 0.25) is 0 Å². The Labute approximate surface area is 60.8 Å². The maximum Gasteiger partial charge on any atom is 0.269 e. The van der Waals surface area contributed by atoms with Gasteiger partial charge in [-0.15, -0.1) is 0 Å². The van der Waals surface area contributed by atoms with Gasteiger partial charge in [-0.1, -0.05) is 11.3 Å². The summed E-state index contributed by atoms with van der Waals surface area (Å²) in [6.45, 7) is -0.589. The van der Waals surface area contributed by atoms with Gasteiger partial charge in [-0.2, -0.15) is 4.39 Å². The van der Waals surface area contributed by atoms with Crippen LogP contribution in [0.3, 0.4) is 0 Å². The van der Waals surface area contributed by atoms with Crippen LogP contribution in [0.1, 0.15) is 10.6 Å². The zero-order valence-electron chi connectivity index (χ0n) is 5.04. The van der Waals surface area contributed by atoms with Crippen LogP contribution in [-0.2, 0) is 13.2 Å². The summed E-state index contributed by atoms with van der Waals surface area (Å²) in [6.07, 6.45) is 0. The number of rotatable bonds is 2. The van der Waals surface area contributed by atoms with Crippen molar-refractivity contribution in [1.82, 2.24) is 4.98 Å². The van der Waals surface area contributed by atoms with Gasteiger partial charge >= 0.3 is 0 Å². The molecule has 0 aliphatic rings. The van der Waals surface area contributed by atoms with Crippen molar-refractivity contribution in [3.05, 3.63) is 15.8 Å². The zero-order valence-corrected chi connectivity index (χ0v) is 5.86. The summed E-state index contributed by atoms with van der Waals surface area (Å²) in [5.41, 5.74) is 0.227. The van der Waals surface area contributed by atoms with Crippen molar-refractivity contribution in [2.75, 3.05) is 0 Å². The van der Waals surface area contributed by atoms with E-state index >= 15 is 0 Å². The highest BCUT2D eigenvalue weighted by Crippen LogP contribution is 2.16. The number of aromatic nitrogens is 1. The van der Waals surface area contributed by atoms with Crippen molar-refractivity contribution >= 4 is 11.3 Å². The average molecular weight is 163 g/mol. The summed E-state index contributed by atoms with van der Waals surface area (Å²) in [4.78, 5) is 3.73. The first-order chi connectivity index (χ1) is 4.77. The third-order valence-electron chi connectivity index (χ3n) is 1.05. The van der Waals surface area contributed by atoms with Gasteiger partial charge in [0.15, 0.2) is 0 Å². The highest BCUT2D eigenvalue weighted by molar-refractivity contribution is 7.10. The molecule has 0 spiro atoms. The number of nitrogens with zero attached hydrogens (tertiary/aromatic N) is 1. The number of aliphatic hydroxyl groups is 2. The van der Waals surface area contributed by atoms with Gasteiger partial charge in [0.05, 0.1) is 23.8 Å². The summed E-state index contributed by atoms with van der Waals surface area (Å²) in [6, 6.07) is 0. The molecule has 56 valence electrons. The molecule has 1 aromatic rings. The highest BCUT2D eigenvalue weighted by Gasteiger charge is 2.07. The first kappa shape index (κ1) is 7.59. The lowest BCUT2D eigenvalue weighted by Gasteiger charge is -1.89. The van der Waals surface area contributed by atoms with E-state index in [-0.39, 0.29) is 18.9 Å². The predicted molar refractivity (Wildman–Crippen MR) is 33.9 cm³/mol. The third kappa shape index (κ3) is 1.31. The van der Waals surface area contributed by atoms with E-state index in [1.165, 1.54) is 0 Å². The van der Waals surface area contributed by atoms with Gasteiger partial charge in [-0.3, -0.25) is 0 Å². The van der Waals surface area contributed by atoms with Gasteiger partial charge in [0.25, 0.3) is 5.26 Å². The molecular formula is C5H6FNO2S. The van der Waals surface area contributed by atoms with Crippen molar-refractivity contribution in [3.63, 3.8) is 0 Å². The largest absolute Gasteiger partial charge is 0.391 e. The Hall–Kier alpha value is -0.520. The number of halogens is 1. The molecule has 3 nitrogen and oxygen atoms in total. The minimum Gasteiger partial charge on any atom is -0.391 e. The van der Waals surface area contributed by atoms with Crippen molar-refractivity contribution in [2.24, 2.45) is 0 Å². The lowest BCUT2D eigenvalue weighted by molar-refractivity contribution is 0.259. The first-order valence-electron chi connectivity index (χ1n) is 2.63. The Morgan fingerprint density at radius 1 is 1.40 bits per heavy atom. The van der Waals surface area contributed by atoms with E-state index in [1.807, 2.05) is 0 Å². The summed E-state index contributed by atoms with van der Waals surface area (Å²) in [5, 5.41) is 16.5. The Kier molecular flexibility index (Phi) is 2.31. The van der Waals surface area contributed by atoms with Gasteiger partial charge in [-0.05, 0) is 0 Å². The number of hydrogen-bond acceptors (Lipinski definition) is 4. The maximum atomic E-state index is 12.2. The molecule has 0 amide bonds. The van der Waals surface area contributed by atoms with E-state index in [4.69, 9.17) is 10.2 Å². The normalized spacial score (nSPS) is 10.3. The molecule has 0 saturated heterocycles. The SMILES string of the molecule is OCc1nc(F)sc1CO. The summed E-state index contributed by atoms with van der Waals surface area (Å²) in [5.74, 6) is 0. The second kappa shape index (κ2) is 3.05. The fraction of sp³-hybridized carbons (Fsp3) is 0.400. The van der Waals surface area contributed by atoms with Crippen molar-refractivity contribution in [1.29, 1.82) is 0 Å². The van der Waals surface area contributed by atoms with Crippen LogP contribution < -0.4 is 0 Å². The van der Waals surface area contributed by atoms with Gasteiger partial charge in [0, 0.05) is 0 Å². The lowest BCUT2D eigenvalue weighted by atomic mass is 10.4. The summed E-state index contributed by atoms with van der Waals surface area (Å²) in [7, 11) is 0. The van der Waals surface area contributed by atoms with Crippen LogP contribution >= 0.6 is 11.3 Å². The minimum absolute atomic E-state index is 0.227. The maximum absolute atomic E-state index is 12.2. The van der Waals surface area contributed by atoms with Crippen molar-refractivity contribution in [2.45, 2.75) is 13.2 Å². The predicted octanol–water partition coefficient (Wildman–Crippen LogP) is 0.267. The van der Waals surface area contributed by atoms with Crippen molar-refractivity contribution in [3.8, 4) is 0 Å². The lowest BCUT2D eigenvalue weighted by Crippen LogP contribution is -1.89. The monoisotopic (exact) mass is 163 g/mol. The molecule has 0 saturated carbocycles. The fourth-order valence-corrected chi connectivity index (χ4v) is 1.25. The van der Waals surface area contributed by atoms with Gasteiger partial charge in [-0.25, -0.2) is 4.98 Å². The standard InChI is InChI=1S/C5H6FNO2S/c6-5-7-3(1-8)4(2-9)10-5/h8-9H,1-2H2. The van der Waals surface area contributed by atoms with Crippen LogP contribution in [0.5, 0.6) is 0 Å². The topological polar surface area (TPSA) is 53.4 Å². The van der Waals surface area contributed by atoms with Crippen LogP contribution in [0, 0.1) is 5.26 Å². The molecule has 1 rings (SSSR count). The van der Waals surface area contributed by atoms with Gasteiger partial charge < -0.3 is 10.2 Å². The van der Waals surface area contributed by atoms with Crippen LogP contribution in [0.25, 0.3) is 0 Å². The molecule has 0 fully saturated rings. The molecular weight excluding hydrogens is 157 g/mol. The third-order valence-corrected chi connectivity index (χ3v) is 1.92. The molecule has 5 heteroatoms. The summed E-state index contributed by atoms with van der Waals surface area (Å²) < 4.78 is 12.2. The smallest absolute Gasteiger partial charge is 0.269 e. The highest BCUT2D eigenvalue weighted by atomic mass is 32.1. The zero-order chi connectivity index (χ0) is 7.56. The molecule has 10 heavy (non-hydrogen) atoms. The summed E-state index contributed by atoms with van der Waals surface area (Å²) >= 11 is 0.751. The Morgan fingerprint density at radius 3 is 2.50 bits per heavy atom. The molecule has 0 radical (unpaired) electrons. The molecule has 0 aliphatic heterocycles. The van der Waals surface area contributed by atoms with Crippen molar-refractivity contribution < 1.29 is 14.6 Å². The first-order valence-corrected chi connectivity index (χ1v) is 3.45. The molecule has 1 heterocycles. The Morgan fingerprint density at radius 2 is 2.10 bits per heavy atom. The molecule has 0 bridgehead atoms. The Bertz CT molecular complexity index is 204. The Balaban J connectivity index is 2.96. The second-order valence-corrected chi connectivity index (χ2v) is 2.69. The number of aliphatic hydroxyl groups excluding tert-OH is 2. The van der Waals surface area contributed by atoms with E-state index in [9.17, 15) is 4.39 Å². The number of thiazole rings is 1. The van der Waals surface area contributed by atoms with E-state index in [2.05, 4.69) is 4.98 Å². The van der Waals surface area contributed by atoms with E-state index in [0.717, 1.165) is 11.3 Å². The average Bonchev–Trinajstić information content (AvgIpc) is 2.30. The molecule has 0 unspecified atom stereocenters. The molecule has 0 aliphatic carbocycles. The van der Waals surface area contributed by atoms with Gasteiger partial charge in [0.1, 0.15) is 0 Å². The van der Waals surface area contributed by atoms with Crippen LogP contribution in [0.15, 0.2) is 0 Å². The molecule has 0 aromatic carbocycles. The number of hydrogen-bond donors (Lipinski definition) is 2. The van der Waals surface area contributed by atoms with E-state index in [1.54, 1.807) is 0 Å². The van der Waals surface area contributed by atoms with E-state index < -0.39 is 5.26 Å². The van der Waals surface area contributed by atoms with E-state index in [0.29, 0.717) is 4.88 Å². The molecule has 2 N–H and O–H groups in total. The quantitative estimate of drug-likeness (QED) is 0.657. The fourth-order valence-electron chi connectivity index (χ4n) is 0.599. The molecule has 0 atom stereocenters. The van der Waals surface area contributed by atoms with Crippen LogP contribution in [-0.4, -0.2) is 15.2 Å². The molecule has 1 aromatic heterocycles. The minimum atomic E-state index is -0.617. The second-order valence-electron chi connectivity index (χ2n) is 1.65.